The first kappa shape index (κ1) is 38.1. The lowest BCUT2D eigenvalue weighted by atomic mass is 9.74. The monoisotopic (exact) mass is 730 g/mol. The van der Waals surface area contributed by atoms with Gasteiger partial charge in [-0.15, -0.1) is 0 Å². The largest absolute Gasteiger partial charge is 0.457 e. The Labute approximate surface area is 328 Å². The van der Waals surface area contributed by atoms with Gasteiger partial charge in [-0.1, -0.05) is 113 Å². The second-order valence-corrected chi connectivity index (χ2v) is 18.9. The molecule has 0 atom stereocenters. The molecule has 4 aromatic carbocycles. The molecule has 0 unspecified atom stereocenters. The molecule has 0 aliphatic carbocycles. The van der Waals surface area contributed by atoms with E-state index in [0.717, 1.165) is 51.8 Å². The summed E-state index contributed by atoms with van der Waals surface area (Å²) in [6.07, 6.45) is 2.94. The zero-order valence-electron chi connectivity index (χ0n) is 35.2. The smallest absolute Gasteiger partial charge is 0.137 e. The van der Waals surface area contributed by atoms with Crippen LogP contribution in [0.1, 0.15) is 110 Å². The van der Waals surface area contributed by atoms with Crippen molar-refractivity contribution in [3.63, 3.8) is 0 Å². The molecule has 3 heterocycles. The number of rotatable bonds is 7. The van der Waals surface area contributed by atoms with Crippen molar-refractivity contribution in [3.05, 3.63) is 131 Å². The van der Waals surface area contributed by atoms with Gasteiger partial charge in [-0.05, 0) is 113 Å². The molecule has 5 nitrogen and oxygen atoms in total. The number of fused-ring (bicyclic) bond motifs is 3. The number of hydrogen-bond donors (Lipinski definition) is 0. The predicted octanol–water partition coefficient (Wildman–Crippen LogP) is 13.5. The third-order valence-corrected chi connectivity index (χ3v) is 10.8. The number of aromatic nitrogens is 4. The third-order valence-electron chi connectivity index (χ3n) is 10.8. The summed E-state index contributed by atoms with van der Waals surface area (Å²) in [5.41, 5.74) is 12.8. The fourth-order valence-corrected chi connectivity index (χ4v) is 8.10. The standard InChI is InChI=1S/C50H58N4O/c1-31(2)25-34-23-24-51-45(26-34)53-43-20-15-14-17-39(43)40-22-21-37(30-44(40)53)55-38-28-35(48(5,6)7)27-36(29-38)54-33(4)46(32(3)52-54)47-41(49(8,9)10)18-16-19-42(47)50(11,12)13/h14-24,26-31H,25H2,1-13H3. The van der Waals surface area contributed by atoms with Crippen LogP contribution in [0, 0.1) is 19.8 Å². The van der Waals surface area contributed by atoms with Crippen LogP contribution in [0.15, 0.2) is 97.2 Å². The van der Waals surface area contributed by atoms with E-state index in [-0.39, 0.29) is 16.2 Å². The van der Waals surface area contributed by atoms with Gasteiger partial charge < -0.3 is 4.74 Å². The zero-order valence-corrected chi connectivity index (χ0v) is 35.2. The molecule has 0 aliphatic rings. The molecule has 0 saturated carbocycles. The lowest BCUT2D eigenvalue weighted by molar-refractivity contribution is 0.478. The van der Waals surface area contributed by atoms with Crippen LogP contribution in [-0.4, -0.2) is 19.3 Å². The number of pyridine rings is 1. The van der Waals surface area contributed by atoms with E-state index < -0.39 is 0 Å². The van der Waals surface area contributed by atoms with Gasteiger partial charge in [0.2, 0.25) is 0 Å². The Kier molecular flexibility index (Phi) is 9.60. The SMILES string of the molecule is Cc1nn(-c2cc(Oc3ccc4c5ccccc5n(-c5cc(CC(C)C)ccn5)c4c3)cc(C(C)(C)C)c2)c(C)c1-c1c(C(C)(C)C)cccc1C(C)(C)C. The molecule has 0 amide bonds. The Morgan fingerprint density at radius 3 is 1.96 bits per heavy atom. The highest BCUT2D eigenvalue weighted by molar-refractivity contribution is 6.09. The van der Waals surface area contributed by atoms with Crippen LogP contribution in [0.2, 0.25) is 0 Å². The van der Waals surface area contributed by atoms with E-state index in [4.69, 9.17) is 14.8 Å². The highest BCUT2D eigenvalue weighted by Gasteiger charge is 2.30. The first-order chi connectivity index (χ1) is 25.8. The number of hydrogen-bond acceptors (Lipinski definition) is 3. The molecule has 0 aliphatic heterocycles. The molecule has 0 fully saturated rings. The summed E-state index contributed by atoms with van der Waals surface area (Å²) in [5, 5.41) is 7.62. The van der Waals surface area contributed by atoms with E-state index in [1.807, 2.05) is 6.20 Å². The quantitative estimate of drug-likeness (QED) is 0.164. The summed E-state index contributed by atoms with van der Waals surface area (Å²) in [6, 6.07) is 32.8. The lowest BCUT2D eigenvalue weighted by Gasteiger charge is -2.30. The highest BCUT2D eigenvalue weighted by Crippen LogP contribution is 2.44. The van der Waals surface area contributed by atoms with Crippen LogP contribution in [0.3, 0.4) is 0 Å². The first-order valence-electron chi connectivity index (χ1n) is 19.8. The van der Waals surface area contributed by atoms with Gasteiger partial charge in [-0.25, -0.2) is 9.67 Å². The van der Waals surface area contributed by atoms with Crippen molar-refractivity contribution >= 4 is 21.8 Å². The van der Waals surface area contributed by atoms with Crippen LogP contribution < -0.4 is 4.74 Å². The summed E-state index contributed by atoms with van der Waals surface area (Å²) < 4.78 is 11.3. The molecule has 5 heteroatoms. The number of benzene rings is 4. The van der Waals surface area contributed by atoms with Crippen molar-refractivity contribution in [1.82, 2.24) is 19.3 Å². The summed E-state index contributed by atoms with van der Waals surface area (Å²) in [5.74, 6) is 3.03. The molecule has 3 aromatic heterocycles. The van der Waals surface area contributed by atoms with Crippen LogP contribution in [-0.2, 0) is 22.7 Å². The van der Waals surface area contributed by atoms with Gasteiger partial charge in [0.25, 0.3) is 0 Å². The van der Waals surface area contributed by atoms with Gasteiger partial charge in [0.05, 0.1) is 22.4 Å². The van der Waals surface area contributed by atoms with E-state index >= 15 is 0 Å². The van der Waals surface area contributed by atoms with E-state index in [1.165, 1.54) is 44.2 Å². The summed E-state index contributed by atoms with van der Waals surface area (Å²) >= 11 is 0. The maximum atomic E-state index is 6.86. The predicted molar refractivity (Wildman–Crippen MR) is 232 cm³/mol. The maximum absolute atomic E-state index is 6.86. The molecular formula is C50H58N4O. The third kappa shape index (κ3) is 7.34. The minimum atomic E-state index is -0.117. The van der Waals surface area contributed by atoms with E-state index in [2.05, 4.69) is 190 Å². The molecule has 7 rings (SSSR count). The highest BCUT2D eigenvalue weighted by atomic mass is 16.5. The average Bonchev–Trinajstić information content (AvgIpc) is 3.58. The van der Waals surface area contributed by atoms with Gasteiger partial charge in [-0.2, -0.15) is 5.10 Å². The minimum absolute atomic E-state index is 0.0372. The van der Waals surface area contributed by atoms with Gasteiger partial charge in [-0.3, -0.25) is 4.57 Å². The van der Waals surface area contributed by atoms with Crippen molar-refractivity contribution < 1.29 is 4.74 Å². The van der Waals surface area contributed by atoms with Crippen molar-refractivity contribution in [2.24, 2.45) is 5.92 Å². The molecule has 0 spiro atoms. The molecule has 284 valence electrons. The summed E-state index contributed by atoms with van der Waals surface area (Å²) in [7, 11) is 0. The fraction of sp³-hybridized carbons (Fsp3) is 0.360. The van der Waals surface area contributed by atoms with E-state index in [1.54, 1.807) is 0 Å². The second-order valence-electron chi connectivity index (χ2n) is 18.9. The van der Waals surface area contributed by atoms with Gasteiger partial charge in [0.1, 0.15) is 17.3 Å². The normalized spacial score (nSPS) is 12.7. The Bertz CT molecular complexity index is 2510. The Hall–Kier alpha value is -5.16. The maximum Gasteiger partial charge on any atom is 0.137 e. The number of aryl methyl sites for hydroxylation is 1. The van der Waals surface area contributed by atoms with E-state index in [0.29, 0.717) is 5.92 Å². The lowest BCUT2D eigenvalue weighted by Crippen LogP contribution is -2.19. The molecule has 55 heavy (non-hydrogen) atoms. The van der Waals surface area contributed by atoms with Crippen LogP contribution in [0.5, 0.6) is 11.5 Å². The Morgan fingerprint density at radius 1 is 0.636 bits per heavy atom. The fourth-order valence-electron chi connectivity index (χ4n) is 8.10. The molecule has 7 aromatic rings. The molecule has 0 N–H and O–H groups in total. The summed E-state index contributed by atoms with van der Waals surface area (Å²) in [4.78, 5) is 4.88. The van der Waals surface area contributed by atoms with Gasteiger partial charge >= 0.3 is 0 Å². The van der Waals surface area contributed by atoms with Crippen LogP contribution in [0.4, 0.5) is 0 Å². The number of ether oxygens (including phenoxy) is 1. The van der Waals surface area contributed by atoms with E-state index in [9.17, 15) is 0 Å². The van der Waals surface area contributed by atoms with Crippen molar-refractivity contribution in [2.75, 3.05) is 0 Å². The molecular weight excluding hydrogens is 673 g/mol. The van der Waals surface area contributed by atoms with Crippen molar-refractivity contribution in [2.45, 2.75) is 113 Å². The molecule has 0 radical (unpaired) electrons. The minimum Gasteiger partial charge on any atom is -0.457 e. The Balaban J connectivity index is 1.37. The number of para-hydroxylation sites is 1. The average molecular weight is 731 g/mol. The molecule has 0 bridgehead atoms. The van der Waals surface area contributed by atoms with Crippen LogP contribution in [0.25, 0.3) is 44.4 Å². The second kappa shape index (κ2) is 13.8. The first-order valence-corrected chi connectivity index (χ1v) is 19.8. The van der Waals surface area contributed by atoms with Crippen LogP contribution >= 0.6 is 0 Å². The number of nitrogens with zero attached hydrogens (tertiary/aromatic N) is 4. The summed E-state index contributed by atoms with van der Waals surface area (Å²) in [6.45, 7) is 29.5. The molecule has 0 saturated heterocycles. The van der Waals surface area contributed by atoms with Gasteiger partial charge in [0, 0.05) is 40.4 Å². The van der Waals surface area contributed by atoms with Gasteiger partial charge in [0.15, 0.2) is 0 Å². The van der Waals surface area contributed by atoms with Crippen molar-refractivity contribution in [1.29, 1.82) is 0 Å². The van der Waals surface area contributed by atoms with Crippen molar-refractivity contribution in [3.8, 4) is 34.1 Å². The Morgan fingerprint density at radius 2 is 1.31 bits per heavy atom. The zero-order chi connectivity index (χ0) is 39.6. The topological polar surface area (TPSA) is 44.9 Å².